The molecule has 1 amide bonds. The summed E-state index contributed by atoms with van der Waals surface area (Å²) in [5.41, 5.74) is 0.242. The Balaban J connectivity index is 1.44. The van der Waals surface area contributed by atoms with E-state index in [-0.39, 0.29) is 11.9 Å². The number of amides is 1. The molecular formula is C20H24F3N3OS. The van der Waals surface area contributed by atoms with Crippen molar-refractivity contribution in [2.75, 3.05) is 26.2 Å². The third-order valence-corrected chi connectivity index (χ3v) is 5.91. The van der Waals surface area contributed by atoms with Crippen molar-refractivity contribution in [2.24, 2.45) is 0 Å². The van der Waals surface area contributed by atoms with Crippen LogP contribution in [0.1, 0.15) is 22.9 Å². The number of rotatable bonds is 6. The summed E-state index contributed by atoms with van der Waals surface area (Å²) in [4.78, 5) is 17.8. The van der Waals surface area contributed by atoms with Crippen LogP contribution >= 0.6 is 11.3 Å². The van der Waals surface area contributed by atoms with E-state index in [4.69, 9.17) is 0 Å². The molecule has 2 aromatic rings. The summed E-state index contributed by atoms with van der Waals surface area (Å²) in [6.07, 6.45) is -4.30. The van der Waals surface area contributed by atoms with Gasteiger partial charge in [0.25, 0.3) is 0 Å². The normalized spacial score (nSPS) is 17.4. The lowest BCUT2D eigenvalue weighted by molar-refractivity contribution is -0.137. The van der Waals surface area contributed by atoms with Crippen LogP contribution in [0.5, 0.6) is 0 Å². The quantitative estimate of drug-likeness (QED) is 0.789. The van der Waals surface area contributed by atoms with Crippen molar-refractivity contribution in [1.82, 2.24) is 15.1 Å². The molecule has 1 fully saturated rings. The van der Waals surface area contributed by atoms with Gasteiger partial charge in [-0.25, -0.2) is 0 Å². The molecule has 1 saturated heterocycles. The molecule has 1 aromatic heterocycles. The molecule has 8 heteroatoms. The van der Waals surface area contributed by atoms with Gasteiger partial charge in [-0.15, -0.1) is 11.3 Å². The smallest absolute Gasteiger partial charge is 0.350 e. The van der Waals surface area contributed by atoms with Gasteiger partial charge in [0.1, 0.15) is 0 Å². The van der Waals surface area contributed by atoms with E-state index in [0.29, 0.717) is 13.1 Å². The minimum atomic E-state index is -4.30. The second kappa shape index (κ2) is 9.07. The van der Waals surface area contributed by atoms with Crippen LogP contribution in [-0.4, -0.2) is 47.9 Å². The predicted octanol–water partition coefficient (Wildman–Crippen LogP) is 3.59. The lowest BCUT2D eigenvalue weighted by Gasteiger charge is -2.37. The highest BCUT2D eigenvalue weighted by Gasteiger charge is 2.30. The lowest BCUT2D eigenvalue weighted by atomic mass is 10.1. The van der Waals surface area contributed by atoms with Crippen molar-refractivity contribution in [3.8, 4) is 0 Å². The van der Waals surface area contributed by atoms with Crippen molar-refractivity contribution in [2.45, 2.75) is 32.2 Å². The molecule has 1 unspecified atom stereocenters. The Bertz CT molecular complexity index is 754. The van der Waals surface area contributed by atoms with Gasteiger partial charge in [0.05, 0.1) is 18.2 Å². The molecule has 0 aliphatic carbocycles. The Morgan fingerprint density at radius 1 is 1.14 bits per heavy atom. The maximum Gasteiger partial charge on any atom is 0.416 e. The van der Waals surface area contributed by atoms with Crippen molar-refractivity contribution in [3.05, 3.63) is 57.8 Å². The molecule has 28 heavy (non-hydrogen) atoms. The van der Waals surface area contributed by atoms with Crippen molar-refractivity contribution in [1.29, 1.82) is 0 Å². The first-order valence-electron chi connectivity index (χ1n) is 9.25. The number of nitrogens with one attached hydrogen (secondary N) is 1. The van der Waals surface area contributed by atoms with Crippen LogP contribution in [0.15, 0.2) is 41.8 Å². The van der Waals surface area contributed by atoms with E-state index < -0.39 is 11.7 Å². The minimum absolute atomic E-state index is 0.0181. The zero-order chi connectivity index (χ0) is 20.1. The molecule has 1 N–H and O–H groups in total. The second-order valence-corrected chi connectivity index (χ2v) is 8.01. The fourth-order valence-corrected chi connectivity index (χ4v) is 3.91. The molecule has 0 radical (unpaired) electrons. The van der Waals surface area contributed by atoms with Crippen LogP contribution in [0.2, 0.25) is 0 Å². The molecular weight excluding hydrogens is 387 g/mol. The maximum atomic E-state index is 12.6. The Hall–Kier alpha value is -1.90. The predicted molar refractivity (Wildman–Crippen MR) is 104 cm³/mol. The molecule has 0 saturated carbocycles. The van der Waals surface area contributed by atoms with Crippen LogP contribution in [0.25, 0.3) is 0 Å². The number of carbonyl (C=O) groups is 1. The molecule has 1 aromatic carbocycles. The highest BCUT2D eigenvalue weighted by Crippen LogP contribution is 2.29. The fourth-order valence-electron chi connectivity index (χ4n) is 3.27. The lowest BCUT2D eigenvalue weighted by Crippen LogP contribution is -2.53. The number of hydrogen-bond acceptors (Lipinski definition) is 4. The number of halogens is 3. The highest BCUT2D eigenvalue weighted by atomic mass is 32.1. The average molecular weight is 411 g/mol. The zero-order valence-electron chi connectivity index (χ0n) is 15.7. The molecule has 1 aliphatic heterocycles. The summed E-state index contributed by atoms with van der Waals surface area (Å²) < 4.78 is 37.9. The largest absolute Gasteiger partial charge is 0.416 e. The van der Waals surface area contributed by atoms with E-state index in [1.807, 2.05) is 24.4 Å². The zero-order valence-corrected chi connectivity index (χ0v) is 16.5. The molecule has 4 nitrogen and oxygen atoms in total. The van der Waals surface area contributed by atoms with Crippen molar-refractivity contribution < 1.29 is 18.0 Å². The van der Waals surface area contributed by atoms with Gasteiger partial charge in [-0.3, -0.25) is 14.6 Å². The van der Waals surface area contributed by atoms with E-state index in [1.165, 1.54) is 12.1 Å². The van der Waals surface area contributed by atoms with Crippen LogP contribution < -0.4 is 5.32 Å². The van der Waals surface area contributed by atoms with Gasteiger partial charge in [0.15, 0.2) is 0 Å². The summed E-state index contributed by atoms with van der Waals surface area (Å²) in [5.74, 6) is 0.0181. The number of piperazine rings is 1. The van der Waals surface area contributed by atoms with Gasteiger partial charge in [-0.2, -0.15) is 13.2 Å². The Morgan fingerprint density at radius 2 is 1.82 bits per heavy atom. The monoisotopic (exact) mass is 411 g/mol. The van der Waals surface area contributed by atoms with Crippen LogP contribution in [0.4, 0.5) is 13.2 Å². The molecule has 152 valence electrons. The summed E-state index contributed by atoms with van der Waals surface area (Å²) >= 11 is 1.62. The Labute approximate surface area is 167 Å². The molecule has 0 spiro atoms. The van der Waals surface area contributed by atoms with E-state index in [0.717, 1.165) is 48.8 Å². The first-order chi connectivity index (χ1) is 13.3. The van der Waals surface area contributed by atoms with Crippen LogP contribution in [0.3, 0.4) is 0 Å². The van der Waals surface area contributed by atoms with Gasteiger partial charge in [-0.1, -0.05) is 18.2 Å². The summed E-state index contributed by atoms with van der Waals surface area (Å²) in [6.45, 7) is 6.16. The van der Waals surface area contributed by atoms with Crippen LogP contribution in [0, 0.1) is 0 Å². The number of carbonyl (C=O) groups excluding carboxylic acids is 1. The molecule has 1 aliphatic rings. The second-order valence-electron chi connectivity index (χ2n) is 6.98. The molecule has 3 rings (SSSR count). The third-order valence-electron chi connectivity index (χ3n) is 5.04. The van der Waals surface area contributed by atoms with E-state index in [9.17, 15) is 18.0 Å². The Morgan fingerprint density at radius 3 is 2.39 bits per heavy atom. The number of alkyl halides is 3. The van der Waals surface area contributed by atoms with Gasteiger partial charge < -0.3 is 5.32 Å². The SMILES string of the molecule is CC(C(=O)NCc1cccs1)N1CCN(Cc2ccc(C(F)(F)F)cc2)CC1. The number of benzene rings is 1. The van der Waals surface area contributed by atoms with Gasteiger partial charge in [-0.05, 0) is 36.1 Å². The van der Waals surface area contributed by atoms with Crippen molar-refractivity contribution in [3.63, 3.8) is 0 Å². The van der Waals surface area contributed by atoms with E-state index in [2.05, 4.69) is 15.1 Å². The standard InChI is InChI=1S/C20H24F3N3OS/c1-15(19(27)24-13-18-3-2-12-28-18)26-10-8-25(9-11-26)14-16-4-6-17(7-5-16)20(21,22)23/h2-7,12,15H,8-11,13-14H2,1H3,(H,24,27). The number of hydrogen-bond donors (Lipinski definition) is 1. The summed E-state index contributed by atoms with van der Waals surface area (Å²) in [6, 6.07) is 9.09. The fraction of sp³-hybridized carbons (Fsp3) is 0.450. The highest BCUT2D eigenvalue weighted by molar-refractivity contribution is 7.09. The summed E-state index contributed by atoms with van der Waals surface area (Å²) in [7, 11) is 0. The molecule has 1 atom stereocenters. The summed E-state index contributed by atoms with van der Waals surface area (Å²) in [5, 5.41) is 4.96. The van der Waals surface area contributed by atoms with Crippen LogP contribution in [-0.2, 0) is 24.1 Å². The Kier molecular flexibility index (Phi) is 6.74. The molecule has 0 bridgehead atoms. The van der Waals surface area contributed by atoms with Crippen molar-refractivity contribution >= 4 is 17.2 Å². The number of nitrogens with zero attached hydrogens (tertiary/aromatic N) is 2. The van der Waals surface area contributed by atoms with E-state index in [1.54, 1.807) is 11.3 Å². The molecule has 2 heterocycles. The topological polar surface area (TPSA) is 35.6 Å². The maximum absolute atomic E-state index is 12.6. The average Bonchev–Trinajstić information content (AvgIpc) is 3.19. The third kappa shape index (κ3) is 5.56. The van der Waals surface area contributed by atoms with Gasteiger partial charge in [0.2, 0.25) is 5.91 Å². The van der Waals surface area contributed by atoms with E-state index >= 15 is 0 Å². The first kappa shape index (κ1) is 20.8. The van der Waals surface area contributed by atoms with Gasteiger partial charge in [0, 0.05) is 37.6 Å². The minimum Gasteiger partial charge on any atom is -0.350 e. The first-order valence-corrected chi connectivity index (χ1v) is 10.1. The van der Waals surface area contributed by atoms with Gasteiger partial charge >= 0.3 is 6.18 Å². The number of thiophene rings is 1.